The van der Waals surface area contributed by atoms with Gasteiger partial charge in [0, 0.05) is 31.0 Å². The first-order chi connectivity index (χ1) is 18.5. The summed E-state index contributed by atoms with van der Waals surface area (Å²) in [7, 11) is 1.38. The highest BCUT2D eigenvalue weighted by Crippen LogP contribution is 2.37. The molecule has 0 fully saturated rings. The number of methoxy groups -OCH3 is 1. The molecule has 0 unspecified atom stereocenters. The summed E-state index contributed by atoms with van der Waals surface area (Å²) in [6, 6.07) is 19.2. The minimum absolute atomic E-state index is 0.0290. The molecule has 2 heterocycles. The number of amides is 1. The Morgan fingerprint density at radius 3 is 2.71 bits per heavy atom. The average molecular weight is 519 g/mol. The molecule has 0 aliphatic carbocycles. The number of unbranched alkanes of at least 4 members (excludes halogenated alkanes) is 1. The van der Waals surface area contributed by atoms with E-state index in [4.69, 9.17) is 14.2 Å². The molecule has 2 aromatic carbocycles. The van der Waals surface area contributed by atoms with Crippen molar-refractivity contribution in [3.63, 3.8) is 0 Å². The van der Waals surface area contributed by atoms with Crippen LogP contribution in [0, 0.1) is 0 Å². The number of esters is 1. The van der Waals surface area contributed by atoms with Crippen LogP contribution in [0.2, 0.25) is 0 Å². The SMILES string of the molecule is COC(=O)c1ccc2c(c1)CN(N[C@@H](C)COCCCCNC(=O)OCc1ccccc1)c1ncccc1-2. The fourth-order valence-corrected chi connectivity index (χ4v) is 4.26. The molecule has 1 aliphatic heterocycles. The summed E-state index contributed by atoms with van der Waals surface area (Å²) in [4.78, 5) is 28.4. The van der Waals surface area contributed by atoms with Crippen LogP contribution in [0.5, 0.6) is 0 Å². The summed E-state index contributed by atoms with van der Waals surface area (Å²) in [5.74, 6) is 0.480. The lowest BCUT2D eigenvalue weighted by Crippen LogP contribution is -2.47. The van der Waals surface area contributed by atoms with E-state index < -0.39 is 6.09 Å². The van der Waals surface area contributed by atoms with Crippen LogP contribution in [-0.2, 0) is 27.4 Å². The zero-order valence-electron chi connectivity index (χ0n) is 21.8. The lowest BCUT2D eigenvalue weighted by atomic mass is 9.94. The Bertz CT molecular complexity index is 1220. The van der Waals surface area contributed by atoms with Crippen molar-refractivity contribution in [1.82, 2.24) is 15.7 Å². The first-order valence-corrected chi connectivity index (χ1v) is 12.8. The van der Waals surface area contributed by atoms with Crippen LogP contribution in [0.3, 0.4) is 0 Å². The average Bonchev–Trinajstić information content (AvgIpc) is 2.95. The van der Waals surface area contributed by atoms with Crippen LogP contribution in [0.4, 0.5) is 10.6 Å². The Balaban J connectivity index is 1.17. The molecule has 9 heteroatoms. The number of alkyl carbamates (subject to hydrolysis) is 1. The molecule has 0 saturated carbocycles. The topological polar surface area (TPSA) is 102 Å². The summed E-state index contributed by atoms with van der Waals surface area (Å²) >= 11 is 0. The van der Waals surface area contributed by atoms with Crippen molar-refractivity contribution in [3.8, 4) is 11.1 Å². The lowest BCUT2D eigenvalue weighted by molar-refractivity contribution is 0.0600. The Hall–Kier alpha value is -3.95. The van der Waals surface area contributed by atoms with Crippen molar-refractivity contribution in [1.29, 1.82) is 0 Å². The summed E-state index contributed by atoms with van der Waals surface area (Å²) in [5.41, 5.74) is 8.03. The van der Waals surface area contributed by atoms with E-state index in [0.29, 0.717) is 31.9 Å². The van der Waals surface area contributed by atoms with E-state index in [1.54, 1.807) is 12.3 Å². The van der Waals surface area contributed by atoms with Crippen molar-refractivity contribution in [2.45, 2.75) is 39.0 Å². The molecule has 1 amide bonds. The molecule has 0 bridgehead atoms. The van der Waals surface area contributed by atoms with E-state index >= 15 is 0 Å². The number of fused-ring (bicyclic) bond motifs is 3. The number of benzene rings is 2. The molecule has 1 aliphatic rings. The number of nitrogens with one attached hydrogen (secondary N) is 2. The summed E-state index contributed by atoms with van der Waals surface area (Å²) in [6.45, 7) is 4.50. The van der Waals surface area contributed by atoms with Crippen LogP contribution < -0.4 is 15.8 Å². The molecule has 38 heavy (non-hydrogen) atoms. The third kappa shape index (κ3) is 7.30. The molecule has 4 rings (SSSR count). The van der Waals surface area contributed by atoms with Crippen LogP contribution >= 0.6 is 0 Å². The maximum Gasteiger partial charge on any atom is 0.407 e. The first kappa shape index (κ1) is 27.1. The second-order valence-electron chi connectivity index (χ2n) is 9.12. The zero-order valence-corrected chi connectivity index (χ0v) is 21.8. The highest BCUT2D eigenvalue weighted by atomic mass is 16.5. The molecular formula is C29H34N4O5. The van der Waals surface area contributed by atoms with E-state index in [-0.39, 0.29) is 18.6 Å². The van der Waals surface area contributed by atoms with Crippen molar-refractivity contribution in [2.75, 3.05) is 31.9 Å². The van der Waals surface area contributed by atoms with E-state index in [0.717, 1.165) is 40.9 Å². The molecular weight excluding hydrogens is 484 g/mol. The van der Waals surface area contributed by atoms with Gasteiger partial charge in [-0.15, -0.1) is 0 Å². The quantitative estimate of drug-likeness (QED) is 0.268. The first-order valence-electron chi connectivity index (χ1n) is 12.8. The van der Waals surface area contributed by atoms with Gasteiger partial charge in [-0.2, -0.15) is 0 Å². The molecule has 200 valence electrons. The Kier molecular flexibility index (Phi) is 9.66. The molecule has 9 nitrogen and oxygen atoms in total. The third-order valence-electron chi connectivity index (χ3n) is 6.13. The van der Waals surface area contributed by atoms with E-state index in [1.165, 1.54) is 7.11 Å². The van der Waals surface area contributed by atoms with Crippen LogP contribution in [-0.4, -0.2) is 50.0 Å². The Labute approximate surface area is 223 Å². The van der Waals surface area contributed by atoms with Gasteiger partial charge in [0.05, 0.1) is 25.8 Å². The number of aromatic nitrogens is 1. The van der Waals surface area contributed by atoms with E-state index in [2.05, 4.69) is 15.7 Å². The predicted molar refractivity (Wildman–Crippen MR) is 144 cm³/mol. The maximum absolute atomic E-state index is 12.0. The molecule has 2 N–H and O–H groups in total. The minimum atomic E-state index is -0.414. The van der Waals surface area contributed by atoms with Gasteiger partial charge in [0.15, 0.2) is 5.82 Å². The molecule has 1 aromatic heterocycles. The summed E-state index contributed by atoms with van der Waals surface area (Å²) in [6.07, 6.45) is 2.98. The van der Waals surface area contributed by atoms with Gasteiger partial charge in [-0.05, 0) is 60.7 Å². The lowest BCUT2D eigenvalue weighted by Gasteiger charge is -2.34. The number of hydrazine groups is 1. The Morgan fingerprint density at radius 1 is 1.05 bits per heavy atom. The number of nitrogens with zero attached hydrogens (tertiary/aromatic N) is 2. The summed E-state index contributed by atoms with van der Waals surface area (Å²) in [5, 5.41) is 4.77. The summed E-state index contributed by atoms with van der Waals surface area (Å²) < 4.78 is 15.9. The normalized spacial score (nSPS) is 12.7. The molecule has 0 radical (unpaired) electrons. The van der Waals surface area contributed by atoms with Crippen LogP contribution in [0.25, 0.3) is 11.1 Å². The number of pyridine rings is 1. The number of anilines is 1. The van der Waals surface area contributed by atoms with Crippen molar-refractivity contribution in [3.05, 3.63) is 83.6 Å². The van der Waals surface area contributed by atoms with Crippen molar-refractivity contribution < 1.29 is 23.8 Å². The number of ether oxygens (including phenoxy) is 3. The second kappa shape index (κ2) is 13.6. The van der Waals surface area contributed by atoms with Gasteiger partial charge in [0.2, 0.25) is 0 Å². The highest BCUT2D eigenvalue weighted by molar-refractivity contribution is 5.91. The number of hydrogen-bond acceptors (Lipinski definition) is 8. The number of hydrogen-bond donors (Lipinski definition) is 2. The zero-order chi connectivity index (χ0) is 26.7. The van der Waals surface area contributed by atoms with Gasteiger partial charge < -0.3 is 19.5 Å². The molecule has 3 aromatic rings. The smallest absolute Gasteiger partial charge is 0.407 e. The number of rotatable bonds is 12. The van der Waals surface area contributed by atoms with Gasteiger partial charge in [-0.3, -0.25) is 5.01 Å². The fraction of sp³-hybridized carbons (Fsp3) is 0.345. The maximum atomic E-state index is 12.0. The van der Waals surface area contributed by atoms with Gasteiger partial charge in [0.1, 0.15) is 6.61 Å². The monoisotopic (exact) mass is 518 g/mol. The van der Waals surface area contributed by atoms with Gasteiger partial charge in [0.25, 0.3) is 0 Å². The van der Waals surface area contributed by atoms with Gasteiger partial charge in [-0.25, -0.2) is 20.0 Å². The van der Waals surface area contributed by atoms with Crippen LogP contribution in [0.15, 0.2) is 66.9 Å². The van der Waals surface area contributed by atoms with E-state index in [1.807, 2.05) is 66.5 Å². The molecule has 1 atom stereocenters. The number of carbonyl (C=O) groups excluding carboxylic acids is 2. The largest absolute Gasteiger partial charge is 0.465 e. The van der Waals surface area contributed by atoms with Crippen molar-refractivity contribution in [2.24, 2.45) is 0 Å². The third-order valence-corrected chi connectivity index (χ3v) is 6.13. The van der Waals surface area contributed by atoms with Crippen LogP contribution in [0.1, 0.15) is 41.3 Å². The molecule has 0 saturated heterocycles. The second-order valence-corrected chi connectivity index (χ2v) is 9.12. The van der Waals surface area contributed by atoms with E-state index in [9.17, 15) is 9.59 Å². The van der Waals surface area contributed by atoms with Crippen molar-refractivity contribution >= 4 is 17.9 Å². The predicted octanol–water partition coefficient (Wildman–Crippen LogP) is 4.47. The minimum Gasteiger partial charge on any atom is -0.465 e. The molecule has 0 spiro atoms. The fourth-order valence-electron chi connectivity index (χ4n) is 4.26. The van der Waals surface area contributed by atoms with Gasteiger partial charge >= 0.3 is 12.1 Å². The highest BCUT2D eigenvalue weighted by Gasteiger charge is 2.25. The number of carbonyl (C=O) groups is 2. The van der Waals surface area contributed by atoms with Gasteiger partial charge in [-0.1, -0.05) is 36.4 Å². The Morgan fingerprint density at radius 2 is 1.89 bits per heavy atom. The standard InChI is InChI=1S/C29H34N4O5/c1-21(19-37-16-7-6-14-31-29(35)38-20-22-9-4-3-5-10-22)32-33-18-24-17-23(28(34)36-2)12-13-25(24)26-11-8-15-30-27(26)33/h3-5,8-13,15,17,21,32H,6-7,14,16,18-20H2,1-2H3,(H,31,35)/t21-/m0/s1.